The molecule has 154 valence electrons. The quantitative estimate of drug-likeness (QED) is 0.487. The van der Waals surface area contributed by atoms with Gasteiger partial charge in [0.25, 0.3) is 5.91 Å². The molecule has 2 aromatic rings. The predicted molar refractivity (Wildman–Crippen MR) is 122 cm³/mol. The molecule has 1 aliphatic heterocycles. The number of methoxy groups -OCH3 is 1. The molecule has 1 N–H and O–H groups in total. The Kier molecular flexibility index (Phi) is 6.32. The number of halogens is 1. The largest absolute Gasteiger partial charge is 0.496 e. The van der Waals surface area contributed by atoms with Gasteiger partial charge in [-0.2, -0.15) is 5.10 Å². The molecule has 3 rings (SSSR count). The highest BCUT2D eigenvalue weighted by Crippen LogP contribution is 2.43. The second-order valence-electron chi connectivity index (χ2n) is 8.02. The molecule has 1 aliphatic rings. The molecule has 0 bridgehead atoms. The van der Waals surface area contributed by atoms with Crippen LogP contribution in [0, 0.1) is 0 Å². The Balaban J connectivity index is 1.78. The Morgan fingerprint density at radius 2 is 2.10 bits per heavy atom. The van der Waals surface area contributed by atoms with Crippen LogP contribution in [0.5, 0.6) is 5.75 Å². The monoisotopic (exact) mass is 457 g/mol. The van der Waals surface area contributed by atoms with Gasteiger partial charge in [0.15, 0.2) is 0 Å². The smallest absolute Gasteiger partial charge is 0.275 e. The predicted octanol–water partition coefficient (Wildman–Crippen LogP) is 5.33. The highest BCUT2D eigenvalue weighted by Gasteiger charge is 2.35. The van der Waals surface area contributed by atoms with Crippen LogP contribution >= 0.6 is 15.9 Å². The van der Waals surface area contributed by atoms with Crippen molar-refractivity contribution in [2.45, 2.75) is 45.6 Å². The van der Waals surface area contributed by atoms with E-state index in [4.69, 9.17) is 4.74 Å². The molecule has 1 unspecified atom stereocenters. The number of hydrogen-bond donors (Lipinski definition) is 1. The number of nitrogens with zero attached hydrogens (tertiary/aromatic N) is 2. The van der Waals surface area contributed by atoms with E-state index in [1.165, 1.54) is 11.3 Å². The molecule has 1 amide bonds. The molecule has 0 spiro atoms. The van der Waals surface area contributed by atoms with E-state index in [-0.39, 0.29) is 11.4 Å². The van der Waals surface area contributed by atoms with Crippen molar-refractivity contribution < 1.29 is 9.53 Å². The number of nitrogens with one attached hydrogen (secondary N) is 1. The molecular weight excluding hydrogens is 430 g/mol. The molecule has 1 heterocycles. The van der Waals surface area contributed by atoms with Crippen molar-refractivity contribution >= 4 is 33.7 Å². The number of rotatable bonds is 5. The van der Waals surface area contributed by atoms with Gasteiger partial charge in [-0.3, -0.25) is 4.79 Å². The lowest BCUT2D eigenvalue weighted by molar-refractivity contribution is 0.0952. The van der Waals surface area contributed by atoms with Crippen molar-refractivity contribution in [3.63, 3.8) is 0 Å². The highest BCUT2D eigenvalue weighted by molar-refractivity contribution is 9.10. The van der Waals surface area contributed by atoms with Gasteiger partial charge in [-0.05, 0) is 74.6 Å². The number of anilines is 1. The van der Waals surface area contributed by atoms with Crippen LogP contribution in [0.4, 0.5) is 5.69 Å². The number of benzene rings is 2. The van der Waals surface area contributed by atoms with Crippen molar-refractivity contribution in [3.05, 3.63) is 57.6 Å². The second-order valence-corrected chi connectivity index (χ2v) is 8.94. The maximum atomic E-state index is 12.5. The molecule has 2 aromatic carbocycles. The van der Waals surface area contributed by atoms with Crippen LogP contribution in [0.25, 0.3) is 0 Å². The summed E-state index contributed by atoms with van der Waals surface area (Å²) in [6.45, 7) is 10.1. The maximum Gasteiger partial charge on any atom is 0.275 e. The molecule has 1 atom stereocenters. The molecule has 0 aromatic heterocycles. The molecule has 0 radical (unpaired) electrons. The first kappa shape index (κ1) is 21.4. The van der Waals surface area contributed by atoms with Gasteiger partial charge >= 0.3 is 0 Å². The lowest BCUT2D eigenvalue weighted by Crippen LogP contribution is -2.48. The standard InChI is InChI=1S/C23H28BrN3O2/c1-6-27-20-9-7-16(11-18(20)15(2)13-23(27,3)4)14-25-26-22(28)19-12-17(24)8-10-21(19)29-5/h7-12,14-15H,6,13H2,1-5H3,(H,26,28)/b25-14+. The van der Waals surface area contributed by atoms with Crippen LogP contribution in [0.1, 0.15) is 61.5 Å². The lowest BCUT2D eigenvalue weighted by Gasteiger charge is -2.47. The number of fused-ring (bicyclic) bond motifs is 1. The molecular formula is C23H28BrN3O2. The van der Waals surface area contributed by atoms with Crippen molar-refractivity contribution in [2.24, 2.45) is 5.10 Å². The number of carbonyl (C=O) groups excluding carboxylic acids is 1. The summed E-state index contributed by atoms with van der Waals surface area (Å²) in [7, 11) is 1.54. The van der Waals surface area contributed by atoms with Gasteiger partial charge in [0.2, 0.25) is 0 Å². The van der Waals surface area contributed by atoms with E-state index in [9.17, 15) is 4.79 Å². The van der Waals surface area contributed by atoms with Gasteiger partial charge in [0.05, 0.1) is 18.9 Å². The van der Waals surface area contributed by atoms with Crippen LogP contribution < -0.4 is 15.1 Å². The van der Waals surface area contributed by atoms with E-state index >= 15 is 0 Å². The summed E-state index contributed by atoms with van der Waals surface area (Å²) < 4.78 is 6.06. The summed E-state index contributed by atoms with van der Waals surface area (Å²) in [6.07, 6.45) is 2.79. The number of amides is 1. The van der Waals surface area contributed by atoms with Gasteiger partial charge in [-0.25, -0.2) is 5.43 Å². The molecule has 0 fully saturated rings. The van der Waals surface area contributed by atoms with Crippen LogP contribution in [0.15, 0.2) is 46.0 Å². The lowest BCUT2D eigenvalue weighted by atomic mass is 9.79. The minimum Gasteiger partial charge on any atom is -0.496 e. The van der Waals surface area contributed by atoms with E-state index < -0.39 is 0 Å². The average molecular weight is 458 g/mol. The fourth-order valence-corrected chi connectivity index (χ4v) is 4.63. The summed E-state index contributed by atoms with van der Waals surface area (Å²) in [5, 5.41) is 4.16. The Hall–Kier alpha value is -2.34. The van der Waals surface area contributed by atoms with Crippen LogP contribution in [0.3, 0.4) is 0 Å². The highest BCUT2D eigenvalue weighted by atomic mass is 79.9. The van der Waals surface area contributed by atoms with Gasteiger partial charge in [-0.15, -0.1) is 0 Å². The summed E-state index contributed by atoms with van der Waals surface area (Å²) in [5.74, 6) is 0.659. The Morgan fingerprint density at radius 3 is 2.79 bits per heavy atom. The molecule has 0 saturated carbocycles. The van der Waals surface area contributed by atoms with Crippen molar-refractivity contribution in [2.75, 3.05) is 18.6 Å². The third kappa shape index (κ3) is 4.47. The minimum atomic E-state index is -0.315. The molecule has 0 saturated heterocycles. The molecule has 6 heteroatoms. The molecule has 5 nitrogen and oxygen atoms in total. The Bertz CT molecular complexity index is 940. The zero-order chi connectivity index (χ0) is 21.2. The minimum absolute atomic E-state index is 0.147. The zero-order valence-corrected chi connectivity index (χ0v) is 19.2. The van der Waals surface area contributed by atoms with Crippen molar-refractivity contribution in [1.82, 2.24) is 5.43 Å². The Labute approximate surface area is 181 Å². The zero-order valence-electron chi connectivity index (χ0n) is 17.6. The normalized spacial score (nSPS) is 17.9. The number of carbonyl (C=O) groups is 1. The fourth-order valence-electron chi connectivity index (χ4n) is 4.27. The summed E-state index contributed by atoms with van der Waals surface area (Å²) >= 11 is 3.38. The molecule has 0 aliphatic carbocycles. The first-order valence-corrected chi connectivity index (χ1v) is 10.6. The summed E-state index contributed by atoms with van der Waals surface area (Å²) in [6, 6.07) is 11.7. The van der Waals surface area contributed by atoms with Gasteiger partial charge in [-0.1, -0.05) is 28.9 Å². The number of hydrogen-bond acceptors (Lipinski definition) is 4. The van der Waals surface area contributed by atoms with Gasteiger partial charge in [0, 0.05) is 22.2 Å². The van der Waals surface area contributed by atoms with E-state index in [0.717, 1.165) is 23.0 Å². The van der Waals surface area contributed by atoms with E-state index in [2.05, 4.69) is 71.2 Å². The third-order valence-electron chi connectivity index (χ3n) is 5.51. The fraction of sp³-hybridized carbons (Fsp3) is 0.391. The first-order valence-electron chi connectivity index (χ1n) is 9.85. The maximum absolute atomic E-state index is 12.5. The third-order valence-corrected chi connectivity index (χ3v) is 6.01. The van der Waals surface area contributed by atoms with Gasteiger partial charge in [0.1, 0.15) is 5.75 Å². The van der Waals surface area contributed by atoms with E-state index in [1.807, 2.05) is 12.1 Å². The summed E-state index contributed by atoms with van der Waals surface area (Å²) in [4.78, 5) is 14.9. The van der Waals surface area contributed by atoms with E-state index in [0.29, 0.717) is 17.2 Å². The molecule has 29 heavy (non-hydrogen) atoms. The topological polar surface area (TPSA) is 53.9 Å². The van der Waals surface area contributed by atoms with Crippen LogP contribution in [-0.2, 0) is 0 Å². The van der Waals surface area contributed by atoms with Gasteiger partial charge < -0.3 is 9.64 Å². The van der Waals surface area contributed by atoms with E-state index in [1.54, 1.807) is 25.5 Å². The first-order chi connectivity index (χ1) is 13.8. The number of hydrazone groups is 1. The second kappa shape index (κ2) is 8.57. The van der Waals surface area contributed by atoms with Crippen molar-refractivity contribution in [3.8, 4) is 5.75 Å². The van der Waals surface area contributed by atoms with Crippen LogP contribution in [-0.4, -0.2) is 31.3 Å². The Morgan fingerprint density at radius 1 is 1.34 bits per heavy atom. The van der Waals surface area contributed by atoms with Crippen molar-refractivity contribution in [1.29, 1.82) is 0 Å². The van der Waals surface area contributed by atoms with Crippen LogP contribution in [0.2, 0.25) is 0 Å². The summed E-state index contributed by atoms with van der Waals surface area (Å²) in [5.41, 5.74) is 6.75. The average Bonchev–Trinajstić information content (AvgIpc) is 2.67. The SMILES string of the molecule is CCN1c2ccc(/C=N/NC(=O)c3cc(Br)ccc3OC)cc2C(C)CC1(C)C. The number of ether oxygens (including phenoxy) is 1.